The second-order valence-corrected chi connectivity index (χ2v) is 3.53. The van der Waals surface area contributed by atoms with Crippen LogP contribution in [0.15, 0.2) is 17.1 Å². The summed E-state index contributed by atoms with van der Waals surface area (Å²) in [5.74, 6) is 0. The molecule has 0 bridgehead atoms. The van der Waals surface area contributed by atoms with Crippen LogP contribution in [0, 0.1) is 6.92 Å². The highest BCUT2D eigenvalue weighted by molar-refractivity contribution is 5.24. The number of aromatic amines is 1. The van der Waals surface area contributed by atoms with Crippen molar-refractivity contribution in [3.8, 4) is 0 Å². The molecule has 2 atom stereocenters. The number of hydrogen-bond donors (Lipinski definition) is 4. The Labute approximate surface area is 87.6 Å². The number of aromatic nitrogens is 1. The van der Waals surface area contributed by atoms with Gasteiger partial charge in [0.15, 0.2) is 0 Å². The molecule has 5 heteroatoms. The number of nitrogens with two attached hydrogens (primary N) is 1. The molecule has 0 aliphatic rings. The molecule has 0 aromatic carbocycles. The summed E-state index contributed by atoms with van der Waals surface area (Å²) >= 11 is 0. The first-order valence-electron chi connectivity index (χ1n) is 4.81. The molecule has 5 nitrogen and oxygen atoms in total. The Kier molecular flexibility index (Phi) is 4.02. The van der Waals surface area contributed by atoms with E-state index in [1.54, 1.807) is 6.92 Å². The van der Waals surface area contributed by atoms with Crippen molar-refractivity contribution in [1.82, 2.24) is 4.98 Å². The van der Waals surface area contributed by atoms with Crippen LogP contribution in [0.4, 0.5) is 0 Å². The predicted octanol–water partition coefficient (Wildman–Crippen LogP) is -0.574. The molecule has 5 N–H and O–H groups in total. The van der Waals surface area contributed by atoms with Crippen molar-refractivity contribution in [1.29, 1.82) is 0 Å². The quantitative estimate of drug-likeness (QED) is 0.537. The van der Waals surface area contributed by atoms with Crippen LogP contribution in [-0.4, -0.2) is 27.8 Å². The molecule has 1 rings (SSSR count). The van der Waals surface area contributed by atoms with Crippen LogP contribution in [-0.2, 0) is 0 Å². The minimum atomic E-state index is -1.01. The van der Waals surface area contributed by atoms with Gasteiger partial charge in [0.2, 0.25) is 5.56 Å². The monoisotopic (exact) mass is 212 g/mol. The SMILES string of the molecule is Cc1cc(=O)[nH]cc1C(O)C(O)CCN. The van der Waals surface area contributed by atoms with E-state index in [-0.39, 0.29) is 5.56 Å². The second-order valence-electron chi connectivity index (χ2n) is 3.53. The smallest absolute Gasteiger partial charge is 0.248 e. The van der Waals surface area contributed by atoms with Gasteiger partial charge in [0.05, 0.1) is 6.10 Å². The Morgan fingerprint density at radius 2 is 2.20 bits per heavy atom. The molecule has 0 spiro atoms. The molecule has 0 saturated carbocycles. The van der Waals surface area contributed by atoms with E-state index in [1.807, 2.05) is 0 Å². The van der Waals surface area contributed by atoms with Crippen molar-refractivity contribution in [2.24, 2.45) is 5.73 Å². The molecule has 0 aliphatic heterocycles. The number of aryl methyl sites for hydroxylation is 1. The van der Waals surface area contributed by atoms with E-state index < -0.39 is 12.2 Å². The van der Waals surface area contributed by atoms with Crippen molar-refractivity contribution in [2.75, 3.05) is 6.54 Å². The molecule has 1 aromatic heterocycles. The van der Waals surface area contributed by atoms with E-state index in [1.165, 1.54) is 12.3 Å². The first-order chi connectivity index (χ1) is 7.06. The number of H-pyrrole nitrogens is 1. The van der Waals surface area contributed by atoms with Crippen molar-refractivity contribution in [2.45, 2.75) is 25.6 Å². The molecule has 0 amide bonds. The highest BCUT2D eigenvalue weighted by Crippen LogP contribution is 2.19. The minimum Gasteiger partial charge on any atom is -0.390 e. The molecule has 84 valence electrons. The maximum Gasteiger partial charge on any atom is 0.248 e. The predicted molar refractivity (Wildman–Crippen MR) is 56.4 cm³/mol. The summed E-state index contributed by atoms with van der Waals surface area (Å²) in [7, 11) is 0. The van der Waals surface area contributed by atoms with Crippen LogP contribution >= 0.6 is 0 Å². The van der Waals surface area contributed by atoms with E-state index in [2.05, 4.69) is 4.98 Å². The molecule has 15 heavy (non-hydrogen) atoms. The van der Waals surface area contributed by atoms with Crippen LogP contribution in [0.3, 0.4) is 0 Å². The van der Waals surface area contributed by atoms with Crippen LogP contribution < -0.4 is 11.3 Å². The lowest BCUT2D eigenvalue weighted by molar-refractivity contribution is 0.0144. The summed E-state index contributed by atoms with van der Waals surface area (Å²) in [4.78, 5) is 13.4. The fourth-order valence-electron chi connectivity index (χ4n) is 1.44. The number of rotatable bonds is 4. The van der Waals surface area contributed by atoms with Gasteiger partial charge >= 0.3 is 0 Å². The number of hydrogen-bond acceptors (Lipinski definition) is 4. The van der Waals surface area contributed by atoms with Gasteiger partial charge in [-0.25, -0.2) is 0 Å². The summed E-state index contributed by atoms with van der Waals surface area (Å²) in [6.07, 6.45) is -0.174. The maximum absolute atomic E-state index is 10.9. The van der Waals surface area contributed by atoms with E-state index in [0.29, 0.717) is 24.1 Å². The molecule has 0 saturated heterocycles. The zero-order chi connectivity index (χ0) is 11.4. The van der Waals surface area contributed by atoms with Crippen LogP contribution in [0.2, 0.25) is 0 Å². The van der Waals surface area contributed by atoms with Gasteiger partial charge in [-0.05, 0) is 25.5 Å². The van der Waals surface area contributed by atoms with Gasteiger partial charge in [-0.1, -0.05) is 0 Å². The summed E-state index contributed by atoms with van der Waals surface area (Å²) < 4.78 is 0. The van der Waals surface area contributed by atoms with Gasteiger partial charge in [-0.15, -0.1) is 0 Å². The molecular weight excluding hydrogens is 196 g/mol. The third-order valence-electron chi connectivity index (χ3n) is 2.32. The van der Waals surface area contributed by atoms with Crippen LogP contribution in [0.1, 0.15) is 23.7 Å². The Balaban J connectivity index is 2.90. The normalized spacial score (nSPS) is 14.9. The fraction of sp³-hybridized carbons (Fsp3) is 0.500. The summed E-state index contributed by atoms with van der Waals surface area (Å²) in [5, 5.41) is 19.3. The lowest BCUT2D eigenvalue weighted by Gasteiger charge is -2.18. The first kappa shape index (κ1) is 11.9. The zero-order valence-electron chi connectivity index (χ0n) is 8.60. The van der Waals surface area contributed by atoms with Gasteiger partial charge < -0.3 is 20.9 Å². The zero-order valence-corrected chi connectivity index (χ0v) is 8.60. The van der Waals surface area contributed by atoms with Crippen molar-refractivity contribution >= 4 is 0 Å². The Morgan fingerprint density at radius 1 is 1.53 bits per heavy atom. The number of pyridine rings is 1. The topological polar surface area (TPSA) is 99.3 Å². The summed E-state index contributed by atoms with van der Waals surface area (Å²) in [6.45, 7) is 2.02. The van der Waals surface area contributed by atoms with Crippen LogP contribution in [0.5, 0.6) is 0 Å². The van der Waals surface area contributed by atoms with E-state index in [9.17, 15) is 15.0 Å². The molecule has 0 radical (unpaired) electrons. The van der Waals surface area contributed by atoms with Gasteiger partial charge in [0.1, 0.15) is 6.10 Å². The van der Waals surface area contributed by atoms with E-state index >= 15 is 0 Å². The first-order valence-corrected chi connectivity index (χ1v) is 4.81. The van der Waals surface area contributed by atoms with Crippen LogP contribution in [0.25, 0.3) is 0 Å². The largest absolute Gasteiger partial charge is 0.390 e. The molecule has 0 aliphatic carbocycles. The average Bonchev–Trinajstić information content (AvgIpc) is 2.17. The number of aliphatic hydroxyl groups is 2. The standard InChI is InChI=1S/C10H16N2O3/c1-6-4-9(14)12-5-7(6)10(15)8(13)2-3-11/h4-5,8,10,13,15H,2-3,11H2,1H3,(H,12,14). The van der Waals surface area contributed by atoms with E-state index in [0.717, 1.165) is 0 Å². The highest BCUT2D eigenvalue weighted by Gasteiger charge is 2.19. The molecule has 1 heterocycles. The van der Waals surface area contributed by atoms with Gasteiger partial charge in [0.25, 0.3) is 0 Å². The van der Waals surface area contributed by atoms with E-state index in [4.69, 9.17) is 5.73 Å². The van der Waals surface area contributed by atoms with Crippen molar-refractivity contribution < 1.29 is 10.2 Å². The minimum absolute atomic E-state index is 0.225. The maximum atomic E-state index is 10.9. The lowest BCUT2D eigenvalue weighted by Crippen LogP contribution is -2.23. The molecular formula is C10H16N2O3. The van der Waals surface area contributed by atoms with Gasteiger partial charge in [-0.2, -0.15) is 0 Å². The summed E-state index contributed by atoms with van der Waals surface area (Å²) in [6, 6.07) is 1.38. The van der Waals surface area contributed by atoms with Gasteiger partial charge in [0, 0.05) is 17.8 Å². The average molecular weight is 212 g/mol. The molecule has 0 fully saturated rings. The second kappa shape index (κ2) is 5.06. The summed E-state index contributed by atoms with van der Waals surface area (Å²) in [5.41, 5.74) is 6.23. The third-order valence-corrected chi connectivity index (χ3v) is 2.32. The third kappa shape index (κ3) is 2.89. The number of nitrogens with one attached hydrogen (secondary N) is 1. The lowest BCUT2D eigenvalue weighted by atomic mass is 10.00. The fourth-order valence-corrected chi connectivity index (χ4v) is 1.44. The van der Waals surface area contributed by atoms with Crippen molar-refractivity contribution in [3.63, 3.8) is 0 Å². The van der Waals surface area contributed by atoms with Crippen molar-refractivity contribution in [3.05, 3.63) is 33.7 Å². The highest BCUT2D eigenvalue weighted by atomic mass is 16.3. The Bertz CT molecular complexity index is 375. The van der Waals surface area contributed by atoms with Gasteiger partial charge in [-0.3, -0.25) is 4.79 Å². The Morgan fingerprint density at radius 3 is 2.73 bits per heavy atom. The molecule has 2 unspecified atom stereocenters. The Hall–Kier alpha value is -1.17. The molecule has 1 aromatic rings. The number of aliphatic hydroxyl groups excluding tert-OH is 2.